The summed E-state index contributed by atoms with van der Waals surface area (Å²) in [5, 5.41) is 8.30. The first-order chi connectivity index (χ1) is 9.78. The minimum Gasteiger partial charge on any atom is -0.378 e. The monoisotopic (exact) mass is 307 g/mol. The van der Waals surface area contributed by atoms with Gasteiger partial charge in [-0.05, 0) is 18.6 Å². The molecular formula is C13H14ClN5S. The van der Waals surface area contributed by atoms with Gasteiger partial charge in [-0.25, -0.2) is 0 Å². The maximum Gasteiger partial charge on any atom is 0.129 e. The van der Waals surface area contributed by atoms with E-state index >= 15 is 0 Å². The van der Waals surface area contributed by atoms with Crippen LogP contribution in [0.3, 0.4) is 0 Å². The number of aryl methyl sites for hydroxylation is 1. The smallest absolute Gasteiger partial charge is 0.129 e. The summed E-state index contributed by atoms with van der Waals surface area (Å²) in [4.78, 5) is 0. The van der Waals surface area contributed by atoms with Crippen LogP contribution in [0.15, 0.2) is 24.5 Å². The molecule has 3 rings (SSSR count). The van der Waals surface area contributed by atoms with Gasteiger partial charge in [-0.2, -0.15) is 13.8 Å². The van der Waals surface area contributed by atoms with Crippen molar-refractivity contribution >= 4 is 40.0 Å². The Kier molecular flexibility index (Phi) is 3.84. The van der Waals surface area contributed by atoms with Gasteiger partial charge in [-0.15, -0.1) is 0 Å². The maximum absolute atomic E-state index is 6.23. The Morgan fingerprint density at radius 1 is 1.35 bits per heavy atom. The molecule has 0 aliphatic heterocycles. The third-order valence-corrected chi connectivity index (χ3v) is 3.84. The molecule has 0 atom stereocenters. The predicted octanol–water partition coefficient (Wildman–Crippen LogP) is 3.56. The number of halogens is 1. The van der Waals surface area contributed by atoms with E-state index in [0.717, 1.165) is 35.2 Å². The van der Waals surface area contributed by atoms with Crippen molar-refractivity contribution < 1.29 is 0 Å². The summed E-state index contributed by atoms with van der Waals surface area (Å²) in [5.74, 6) is 0. The molecule has 3 aromatic rings. The standard InChI is InChI=1S/C13H14ClN5S/c1-2-5-19-8-9(7-16-19)6-15-12-10(14)3-4-11-13(12)18-20-17-11/h3-4,7-8,15H,2,5-6H2,1H3. The Bertz CT molecular complexity index is 720. The molecule has 0 saturated heterocycles. The SMILES string of the molecule is CCCn1cc(CNc2c(Cl)ccc3nsnc23)cn1. The van der Waals surface area contributed by atoms with Gasteiger partial charge in [0.2, 0.25) is 0 Å². The zero-order valence-corrected chi connectivity index (χ0v) is 12.6. The van der Waals surface area contributed by atoms with Crippen LogP contribution in [-0.2, 0) is 13.1 Å². The van der Waals surface area contributed by atoms with Crippen molar-refractivity contribution in [2.45, 2.75) is 26.4 Å². The van der Waals surface area contributed by atoms with Gasteiger partial charge in [0, 0.05) is 24.8 Å². The van der Waals surface area contributed by atoms with Crippen LogP contribution in [0.25, 0.3) is 11.0 Å². The molecule has 0 unspecified atom stereocenters. The third kappa shape index (κ3) is 2.62. The summed E-state index contributed by atoms with van der Waals surface area (Å²) in [6.45, 7) is 3.74. The average molecular weight is 308 g/mol. The van der Waals surface area contributed by atoms with Crippen LogP contribution in [0.1, 0.15) is 18.9 Å². The van der Waals surface area contributed by atoms with Crippen LogP contribution >= 0.6 is 23.3 Å². The molecule has 0 aliphatic rings. The topological polar surface area (TPSA) is 55.6 Å². The van der Waals surface area contributed by atoms with E-state index in [-0.39, 0.29) is 0 Å². The molecular weight excluding hydrogens is 294 g/mol. The van der Waals surface area contributed by atoms with Crippen molar-refractivity contribution in [1.29, 1.82) is 0 Å². The number of benzene rings is 1. The highest BCUT2D eigenvalue weighted by Crippen LogP contribution is 2.30. The number of anilines is 1. The molecule has 0 spiro atoms. The largest absolute Gasteiger partial charge is 0.378 e. The molecule has 104 valence electrons. The molecule has 7 heteroatoms. The Hall–Kier alpha value is -1.66. The molecule has 1 N–H and O–H groups in total. The molecule has 0 bridgehead atoms. The Labute approximate surface area is 125 Å². The first-order valence-electron chi connectivity index (χ1n) is 6.44. The minimum absolute atomic E-state index is 0.658. The van der Waals surface area contributed by atoms with E-state index in [1.807, 2.05) is 29.2 Å². The molecule has 0 fully saturated rings. The number of hydrogen-bond donors (Lipinski definition) is 1. The van der Waals surface area contributed by atoms with Crippen LogP contribution in [0.5, 0.6) is 0 Å². The highest BCUT2D eigenvalue weighted by Gasteiger charge is 2.09. The van der Waals surface area contributed by atoms with Crippen LogP contribution in [0.4, 0.5) is 5.69 Å². The molecule has 2 heterocycles. The lowest BCUT2D eigenvalue weighted by Gasteiger charge is -2.07. The van der Waals surface area contributed by atoms with Gasteiger partial charge in [0.05, 0.1) is 28.6 Å². The Balaban J connectivity index is 1.79. The number of fused-ring (bicyclic) bond motifs is 1. The molecule has 1 aromatic carbocycles. The van der Waals surface area contributed by atoms with Crippen molar-refractivity contribution in [1.82, 2.24) is 18.5 Å². The number of nitrogens with one attached hydrogen (secondary N) is 1. The van der Waals surface area contributed by atoms with Crippen LogP contribution in [-0.4, -0.2) is 18.5 Å². The van der Waals surface area contributed by atoms with Gasteiger partial charge < -0.3 is 5.32 Å². The van der Waals surface area contributed by atoms with Crippen molar-refractivity contribution in [2.24, 2.45) is 0 Å². The second-order valence-corrected chi connectivity index (χ2v) is 5.46. The number of nitrogens with zero attached hydrogens (tertiary/aromatic N) is 4. The van der Waals surface area contributed by atoms with Crippen molar-refractivity contribution in [3.63, 3.8) is 0 Å². The fourth-order valence-corrected chi connectivity index (χ4v) is 2.80. The Morgan fingerprint density at radius 2 is 2.25 bits per heavy atom. The maximum atomic E-state index is 6.23. The predicted molar refractivity (Wildman–Crippen MR) is 82.3 cm³/mol. The summed E-state index contributed by atoms with van der Waals surface area (Å²) in [5.41, 5.74) is 3.64. The van der Waals surface area contributed by atoms with Crippen molar-refractivity contribution in [3.8, 4) is 0 Å². The zero-order valence-electron chi connectivity index (χ0n) is 11.0. The highest BCUT2D eigenvalue weighted by molar-refractivity contribution is 7.00. The number of hydrogen-bond acceptors (Lipinski definition) is 5. The normalized spacial score (nSPS) is 11.1. The first-order valence-corrected chi connectivity index (χ1v) is 7.54. The second kappa shape index (κ2) is 5.76. The summed E-state index contributed by atoms with van der Waals surface area (Å²) < 4.78 is 10.5. The average Bonchev–Trinajstić information content (AvgIpc) is 3.07. The van der Waals surface area contributed by atoms with E-state index in [1.165, 1.54) is 11.7 Å². The lowest BCUT2D eigenvalue weighted by molar-refractivity contribution is 0.602. The molecule has 0 radical (unpaired) electrons. The van der Waals surface area contributed by atoms with Crippen LogP contribution < -0.4 is 5.32 Å². The summed E-state index contributed by atoms with van der Waals surface area (Å²) in [6, 6.07) is 3.72. The van der Waals surface area contributed by atoms with Crippen molar-refractivity contribution in [3.05, 3.63) is 35.1 Å². The number of aromatic nitrogens is 4. The Morgan fingerprint density at radius 3 is 3.10 bits per heavy atom. The summed E-state index contributed by atoms with van der Waals surface area (Å²) >= 11 is 7.43. The third-order valence-electron chi connectivity index (χ3n) is 2.99. The minimum atomic E-state index is 0.658. The van der Waals surface area contributed by atoms with E-state index in [9.17, 15) is 0 Å². The molecule has 5 nitrogen and oxygen atoms in total. The van der Waals surface area contributed by atoms with Crippen LogP contribution in [0.2, 0.25) is 5.02 Å². The summed E-state index contributed by atoms with van der Waals surface area (Å²) in [6.07, 6.45) is 4.99. The van der Waals surface area contributed by atoms with E-state index in [0.29, 0.717) is 11.6 Å². The summed E-state index contributed by atoms with van der Waals surface area (Å²) in [7, 11) is 0. The molecule has 0 aliphatic carbocycles. The van der Waals surface area contributed by atoms with Gasteiger partial charge in [-0.1, -0.05) is 18.5 Å². The first kappa shape index (κ1) is 13.3. The fourth-order valence-electron chi connectivity index (χ4n) is 2.03. The van der Waals surface area contributed by atoms with Crippen LogP contribution in [0, 0.1) is 0 Å². The van der Waals surface area contributed by atoms with Gasteiger partial charge >= 0.3 is 0 Å². The highest BCUT2D eigenvalue weighted by atomic mass is 35.5. The van der Waals surface area contributed by atoms with Gasteiger partial charge in [0.1, 0.15) is 11.0 Å². The van der Waals surface area contributed by atoms with Gasteiger partial charge in [-0.3, -0.25) is 4.68 Å². The fraction of sp³-hybridized carbons (Fsp3) is 0.308. The van der Waals surface area contributed by atoms with E-state index in [1.54, 1.807) is 0 Å². The molecule has 0 amide bonds. The van der Waals surface area contributed by atoms with Gasteiger partial charge in [0.25, 0.3) is 0 Å². The van der Waals surface area contributed by atoms with Crippen molar-refractivity contribution in [2.75, 3.05) is 5.32 Å². The lowest BCUT2D eigenvalue weighted by atomic mass is 10.2. The van der Waals surface area contributed by atoms with E-state index in [2.05, 4.69) is 26.1 Å². The number of rotatable bonds is 5. The quantitative estimate of drug-likeness (QED) is 0.783. The second-order valence-electron chi connectivity index (χ2n) is 4.52. The molecule has 2 aromatic heterocycles. The molecule has 0 saturated carbocycles. The van der Waals surface area contributed by atoms with E-state index < -0.39 is 0 Å². The van der Waals surface area contributed by atoms with Gasteiger partial charge in [0.15, 0.2) is 0 Å². The zero-order chi connectivity index (χ0) is 13.9. The van der Waals surface area contributed by atoms with E-state index in [4.69, 9.17) is 11.6 Å². The lowest BCUT2D eigenvalue weighted by Crippen LogP contribution is -2.00. The molecule has 20 heavy (non-hydrogen) atoms.